The van der Waals surface area contributed by atoms with Crippen LogP contribution in [0, 0.1) is 34.3 Å². The Morgan fingerprint density at radius 1 is 0.553 bits per heavy atom. The van der Waals surface area contributed by atoms with Gasteiger partial charge >= 0.3 is 0 Å². The summed E-state index contributed by atoms with van der Waals surface area (Å²) in [6.45, 7) is 0. The highest BCUT2D eigenvalue weighted by atomic mass is 19.1. The third-order valence-electron chi connectivity index (χ3n) is 7.12. The van der Waals surface area contributed by atoms with Gasteiger partial charge in [-0.15, -0.1) is 0 Å². The number of hydrogen-bond acceptors (Lipinski definition) is 2. The number of aromatic nitrogens is 2. The van der Waals surface area contributed by atoms with Crippen molar-refractivity contribution in [1.82, 2.24) is 9.13 Å². The van der Waals surface area contributed by atoms with Gasteiger partial charge in [-0.1, -0.05) is 54.6 Å². The maximum atomic E-state index is 15.4. The Kier molecular flexibility index (Phi) is 4.60. The monoisotopic (exact) mass is 494 g/mol. The van der Waals surface area contributed by atoms with Crippen LogP contribution in [0.15, 0.2) is 97.1 Å². The standard InChI is InChI=1S/C32H16F2N4/c33-21-12-15-26(34)29(16-21)37-27-10-3-1-8-22(27)24-13-14-25-23-9-2-4-11-28(23)38(32(25)31(24)37)30-19(17-35)6-5-7-20(30)18-36/h1-16H. The van der Waals surface area contributed by atoms with Gasteiger partial charge in [0.2, 0.25) is 0 Å². The minimum Gasteiger partial charge on any atom is -0.305 e. The fourth-order valence-electron chi connectivity index (χ4n) is 5.61. The average molecular weight is 495 g/mol. The average Bonchev–Trinajstić information content (AvgIpc) is 3.47. The third kappa shape index (κ3) is 2.86. The van der Waals surface area contributed by atoms with Crippen molar-refractivity contribution in [2.45, 2.75) is 0 Å². The summed E-state index contributed by atoms with van der Waals surface area (Å²) in [7, 11) is 0. The minimum absolute atomic E-state index is 0.0783. The van der Waals surface area contributed by atoms with Gasteiger partial charge in [0.25, 0.3) is 0 Å². The van der Waals surface area contributed by atoms with Crippen molar-refractivity contribution in [2.24, 2.45) is 0 Å². The lowest BCUT2D eigenvalue weighted by atomic mass is 10.1. The SMILES string of the molecule is N#Cc1cccc(C#N)c1-n1c2ccccc2c2ccc3c4ccccc4n(-c4cc(F)ccc4F)c3c21. The quantitative estimate of drug-likeness (QED) is 0.245. The van der Waals surface area contributed by atoms with Gasteiger partial charge in [-0.05, 0) is 36.4 Å². The highest BCUT2D eigenvalue weighted by Gasteiger charge is 2.24. The van der Waals surface area contributed by atoms with Gasteiger partial charge < -0.3 is 9.13 Å². The molecule has 0 saturated heterocycles. The molecular formula is C32H16F2N4. The Bertz CT molecular complexity index is 2160. The maximum Gasteiger partial charge on any atom is 0.147 e. The number of nitrogens with zero attached hydrogens (tertiary/aromatic N) is 4. The van der Waals surface area contributed by atoms with Gasteiger partial charge in [0.15, 0.2) is 0 Å². The Labute approximate surface area is 215 Å². The van der Waals surface area contributed by atoms with Crippen molar-refractivity contribution in [1.29, 1.82) is 10.5 Å². The Balaban J connectivity index is 1.83. The Morgan fingerprint density at radius 2 is 1.11 bits per heavy atom. The number of nitriles is 2. The second-order valence-electron chi connectivity index (χ2n) is 9.08. The smallest absolute Gasteiger partial charge is 0.147 e. The molecule has 0 aliphatic heterocycles. The molecule has 0 bridgehead atoms. The van der Waals surface area contributed by atoms with Gasteiger partial charge in [0.05, 0.1) is 44.6 Å². The van der Waals surface area contributed by atoms with Gasteiger partial charge in [0, 0.05) is 27.6 Å². The number of benzene rings is 5. The van der Waals surface area contributed by atoms with Crippen LogP contribution in [0.5, 0.6) is 0 Å². The van der Waals surface area contributed by atoms with Crippen molar-refractivity contribution < 1.29 is 8.78 Å². The second-order valence-corrected chi connectivity index (χ2v) is 9.08. The summed E-state index contributed by atoms with van der Waals surface area (Å²) >= 11 is 0. The summed E-state index contributed by atoms with van der Waals surface area (Å²) in [5.74, 6) is -1.12. The van der Waals surface area contributed by atoms with Gasteiger partial charge in [-0.25, -0.2) is 8.78 Å². The lowest BCUT2D eigenvalue weighted by Gasteiger charge is -2.15. The van der Waals surface area contributed by atoms with E-state index < -0.39 is 11.6 Å². The summed E-state index contributed by atoms with van der Waals surface area (Å²) in [6, 6.07) is 32.3. The highest BCUT2D eigenvalue weighted by molar-refractivity contribution is 6.23. The molecular weight excluding hydrogens is 478 g/mol. The van der Waals surface area contributed by atoms with Crippen LogP contribution in [-0.2, 0) is 0 Å². The molecule has 2 aromatic heterocycles. The van der Waals surface area contributed by atoms with Crippen molar-refractivity contribution >= 4 is 43.6 Å². The predicted molar refractivity (Wildman–Crippen MR) is 144 cm³/mol. The molecule has 4 nitrogen and oxygen atoms in total. The van der Waals surface area contributed by atoms with Gasteiger partial charge in [0.1, 0.15) is 23.8 Å². The van der Waals surface area contributed by atoms with Gasteiger partial charge in [-0.3, -0.25) is 0 Å². The van der Waals surface area contributed by atoms with Crippen LogP contribution in [-0.4, -0.2) is 9.13 Å². The van der Waals surface area contributed by atoms with E-state index in [2.05, 4.69) is 12.1 Å². The first-order chi connectivity index (χ1) is 18.6. The van der Waals surface area contributed by atoms with Crippen LogP contribution in [0.1, 0.15) is 11.1 Å². The number of rotatable bonds is 2. The molecule has 178 valence electrons. The normalized spacial score (nSPS) is 11.4. The summed E-state index contributed by atoms with van der Waals surface area (Å²) in [5.41, 5.74) is 4.06. The van der Waals surface area contributed by atoms with E-state index in [9.17, 15) is 14.9 Å². The molecule has 2 heterocycles. The number of hydrogen-bond donors (Lipinski definition) is 0. The molecule has 0 aliphatic carbocycles. The van der Waals surface area contributed by atoms with Crippen LogP contribution in [0.2, 0.25) is 0 Å². The molecule has 0 fully saturated rings. The number of para-hydroxylation sites is 3. The molecule has 0 unspecified atom stereocenters. The van der Waals surface area contributed by atoms with E-state index >= 15 is 4.39 Å². The largest absolute Gasteiger partial charge is 0.305 e. The van der Waals surface area contributed by atoms with Crippen LogP contribution in [0.3, 0.4) is 0 Å². The summed E-state index contributed by atoms with van der Waals surface area (Å²) < 4.78 is 33.5. The zero-order valence-electron chi connectivity index (χ0n) is 19.8. The fourth-order valence-corrected chi connectivity index (χ4v) is 5.61. The van der Waals surface area contributed by atoms with Crippen LogP contribution >= 0.6 is 0 Å². The maximum absolute atomic E-state index is 15.4. The van der Waals surface area contributed by atoms with E-state index in [1.54, 1.807) is 22.8 Å². The van der Waals surface area contributed by atoms with E-state index in [1.807, 2.05) is 65.2 Å². The topological polar surface area (TPSA) is 57.4 Å². The van der Waals surface area contributed by atoms with Gasteiger partial charge in [-0.2, -0.15) is 10.5 Å². The second kappa shape index (κ2) is 8.03. The van der Waals surface area contributed by atoms with E-state index in [4.69, 9.17) is 0 Å². The van der Waals surface area contributed by atoms with Crippen LogP contribution < -0.4 is 0 Å². The molecule has 6 heteroatoms. The molecule has 5 aromatic carbocycles. The summed E-state index contributed by atoms with van der Waals surface area (Å²) in [5, 5.41) is 23.6. The molecule has 0 spiro atoms. The third-order valence-corrected chi connectivity index (χ3v) is 7.12. The Hall–Kier alpha value is -5.46. The van der Waals surface area contributed by atoms with Crippen molar-refractivity contribution in [3.63, 3.8) is 0 Å². The molecule has 0 radical (unpaired) electrons. The van der Waals surface area contributed by atoms with Crippen molar-refractivity contribution in [3.8, 4) is 23.5 Å². The highest BCUT2D eigenvalue weighted by Crippen LogP contribution is 2.42. The first kappa shape index (κ1) is 21.8. The number of halogens is 2. The first-order valence-electron chi connectivity index (χ1n) is 12.0. The van der Waals surface area contributed by atoms with E-state index in [0.717, 1.165) is 39.2 Å². The lowest BCUT2D eigenvalue weighted by Crippen LogP contribution is -2.04. The van der Waals surface area contributed by atoms with Crippen LogP contribution in [0.25, 0.3) is 55.0 Å². The lowest BCUT2D eigenvalue weighted by molar-refractivity contribution is 0.595. The summed E-state index contributed by atoms with van der Waals surface area (Å²) in [6.07, 6.45) is 0. The minimum atomic E-state index is -0.566. The van der Waals surface area contributed by atoms with E-state index in [-0.39, 0.29) is 5.69 Å². The molecule has 38 heavy (non-hydrogen) atoms. The predicted octanol–water partition coefficient (Wildman–Crippen LogP) is 7.90. The van der Waals surface area contributed by atoms with Crippen molar-refractivity contribution in [2.75, 3.05) is 0 Å². The molecule has 0 atom stereocenters. The molecule has 0 amide bonds. The van der Waals surface area contributed by atoms with E-state index in [0.29, 0.717) is 33.4 Å². The zero-order valence-corrected chi connectivity index (χ0v) is 19.8. The molecule has 0 aliphatic rings. The van der Waals surface area contributed by atoms with E-state index in [1.165, 1.54) is 6.07 Å². The summed E-state index contributed by atoms with van der Waals surface area (Å²) in [4.78, 5) is 0. The molecule has 7 rings (SSSR count). The van der Waals surface area contributed by atoms with Crippen molar-refractivity contribution in [3.05, 3.63) is 120 Å². The Morgan fingerprint density at radius 3 is 1.71 bits per heavy atom. The zero-order chi connectivity index (χ0) is 26.0. The fraction of sp³-hybridized carbons (Fsp3) is 0. The number of fused-ring (bicyclic) bond motifs is 7. The van der Waals surface area contributed by atoms with Crippen LogP contribution in [0.4, 0.5) is 8.78 Å². The first-order valence-corrected chi connectivity index (χ1v) is 12.0. The molecule has 7 aromatic rings. The molecule has 0 N–H and O–H groups in total. The molecule has 0 saturated carbocycles.